The molecule has 2 aromatic heterocycles. The molecule has 10 heteroatoms. The minimum atomic E-state index is -0.161. The molecule has 3 aromatic rings. The lowest BCUT2D eigenvalue weighted by atomic mass is 9.90. The van der Waals surface area contributed by atoms with Crippen molar-refractivity contribution in [2.75, 3.05) is 36.4 Å². The van der Waals surface area contributed by atoms with E-state index >= 15 is 0 Å². The smallest absolute Gasteiger partial charge is 0.291 e. The zero-order valence-electron chi connectivity index (χ0n) is 20.6. The highest BCUT2D eigenvalue weighted by atomic mass is 16.2. The number of rotatable bonds is 5. The van der Waals surface area contributed by atoms with E-state index in [-0.39, 0.29) is 29.8 Å². The summed E-state index contributed by atoms with van der Waals surface area (Å²) < 4.78 is 0. The van der Waals surface area contributed by atoms with E-state index in [0.29, 0.717) is 32.0 Å². The molecule has 2 aliphatic rings. The number of carbonyl (C=O) groups excluding carboxylic acids is 1. The molecule has 0 bridgehead atoms. The molecule has 2 atom stereocenters. The van der Waals surface area contributed by atoms with Crippen LogP contribution in [0.25, 0.3) is 10.9 Å². The van der Waals surface area contributed by atoms with E-state index in [1.54, 1.807) is 6.20 Å². The van der Waals surface area contributed by atoms with Crippen LogP contribution in [0, 0.1) is 6.92 Å². The number of hydrogen-bond donors (Lipinski definition) is 3. The molecule has 5 N–H and O–H groups in total. The van der Waals surface area contributed by atoms with Crippen LogP contribution in [-0.2, 0) is 0 Å². The van der Waals surface area contributed by atoms with Crippen molar-refractivity contribution in [3.63, 3.8) is 0 Å². The maximum Gasteiger partial charge on any atom is 0.291 e. The molecule has 1 aliphatic carbocycles. The summed E-state index contributed by atoms with van der Waals surface area (Å²) >= 11 is 0. The van der Waals surface area contributed by atoms with Crippen molar-refractivity contribution in [1.29, 1.82) is 0 Å². The number of carbonyl (C=O) groups is 1. The number of aliphatic imine (C=N–C) groups is 1. The fourth-order valence-electron chi connectivity index (χ4n) is 5.07. The fraction of sp³-hybridized carbons (Fsp3) is 0.423. The Morgan fingerprint density at radius 3 is 2.61 bits per heavy atom. The first-order valence-electron chi connectivity index (χ1n) is 12.6. The summed E-state index contributed by atoms with van der Waals surface area (Å²) in [6.45, 7) is 4.63. The molecule has 1 saturated carbocycles. The van der Waals surface area contributed by atoms with Crippen LogP contribution >= 0.6 is 0 Å². The Kier molecular flexibility index (Phi) is 6.84. The van der Waals surface area contributed by atoms with Crippen molar-refractivity contribution in [2.45, 2.75) is 44.7 Å². The van der Waals surface area contributed by atoms with Gasteiger partial charge in [0.2, 0.25) is 5.82 Å². The van der Waals surface area contributed by atoms with Gasteiger partial charge >= 0.3 is 0 Å². The van der Waals surface area contributed by atoms with Crippen LogP contribution in [-0.4, -0.2) is 70.0 Å². The maximum absolute atomic E-state index is 13.5. The number of fused-ring (bicyclic) bond motifs is 1. The lowest BCUT2D eigenvalue weighted by molar-refractivity contribution is 0.0734. The summed E-state index contributed by atoms with van der Waals surface area (Å²) in [6, 6.07) is 11.9. The van der Waals surface area contributed by atoms with E-state index in [0.717, 1.165) is 48.0 Å². The number of nitrogens with zero attached hydrogens (tertiary/aromatic N) is 6. The van der Waals surface area contributed by atoms with Gasteiger partial charge in [-0.05, 0) is 44.0 Å². The van der Waals surface area contributed by atoms with Crippen molar-refractivity contribution in [3.05, 3.63) is 54.0 Å². The molecule has 2 fully saturated rings. The number of nitrogens with one attached hydrogen (secondary N) is 1. The van der Waals surface area contributed by atoms with Crippen LogP contribution in [0.5, 0.6) is 0 Å². The van der Waals surface area contributed by atoms with Crippen LogP contribution in [0.15, 0.2) is 47.6 Å². The number of piperazine rings is 1. The van der Waals surface area contributed by atoms with Gasteiger partial charge in [0.15, 0.2) is 5.96 Å². The molecule has 2 unspecified atom stereocenters. The van der Waals surface area contributed by atoms with E-state index in [1.165, 1.54) is 0 Å². The van der Waals surface area contributed by atoms with Gasteiger partial charge in [0.25, 0.3) is 5.91 Å². The van der Waals surface area contributed by atoms with Crippen molar-refractivity contribution in [1.82, 2.24) is 19.9 Å². The monoisotopic (exact) mass is 487 g/mol. The first-order chi connectivity index (χ1) is 17.5. The molecule has 1 amide bonds. The predicted octanol–water partition coefficient (Wildman–Crippen LogP) is 2.29. The zero-order chi connectivity index (χ0) is 25.1. The fourth-order valence-corrected chi connectivity index (χ4v) is 5.07. The Bertz CT molecular complexity index is 1250. The molecular weight excluding hydrogens is 454 g/mol. The number of anilines is 2. The Morgan fingerprint density at radius 2 is 1.86 bits per heavy atom. The Hall–Kier alpha value is -3.95. The molecule has 1 aromatic carbocycles. The zero-order valence-corrected chi connectivity index (χ0v) is 20.6. The molecule has 10 nitrogen and oxygen atoms in total. The summed E-state index contributed by atoms with van der Waals surface area (Å²) in [5.74, 6) is 1.72. The number of pyridine rings is 1. The number of guanidine groups is 1. The molecule has 188 valence electrons. The van der Waals surface area contributed by atoms with Gasteiger partial charge < -0.3 is 26.6 Å². The van der Waals surface area contributed by atoms with Crippen molar-refractivity contribution in [2.24, 2.45) is 16.5 Å². The van der Waals surface area contributed by atoms with Crippen LogP contribution in [0.4, 0.5) is 11.6 Å². The highest BCUT2D eigenvalue weighted by Crippen LogP contribution is 2.28. The van der Waals surface area contributed by atoms with Crippen LogP contribution in [0.3, 0.4) is 0 Å². The van der Waals surface area contributed by atoms with E-state index in [1.807, 2.05) is 42.2 Å². The van der Waals surface area contributed by atoms with E-state index in [9.17, 15) is 4.79 Å². The summed E-state index contributed by atoms with van der Waals surface area (Å²) in [5.41, 5.74) is 13.2. The average molecular weight is 488 g/mol. The third kappa shape index (κ3) is 5.17. The highest BCUT2D eigenvalue weighted by Gasteiger charge is 2.28. The second-order valence-electron chi connectivity index (χ2n) is 9.54. The van der Waals surface area contributed by atoms with Crippen LogP contribution in [0.2, 0.25) is 0 Å². The Balaban J connectivity index is 1.40. The number of amides is 1. The normalized spacial score (nSPS) is 20.2. The second-order valence-corrected chi connectivity index (χ2v) is 9.54. The molecule has 1 aliphatic heterocycles. The molecule has 1 saturated heterocycles. The quantitative estimate of drug-likeness (QED) is 0.368. The van der Waals surface area contributed by atoms with E-state index in [4.69, 9.17) is 16.5 Å². The SMILES string of the molecule is Cc1ccc2nc(C(=O)N3CCN(c4ccccn4)CC3)nc(NC3CCCCC3N=C(N)N)c2c1. The Morgan fingerprint density at radius 1 is 1.06 bits per heavy atom. The van der Waals surface area contributed by atoms with Gasteiger partial charge in [-0.25, -0.2) is 19.9 Å². The summed E-state index contributed by atoms with van der Waals surface area (Å²) in [6.07, 6.45) is 5.79. The lowest BCUT2D eigenvalue weighted by Crippen LogP contribution is -2.49. The standard InChI is InChI=1S/C26H33N9O/c1-17-9-10-19-18(16-17)23(31-20-6-2-3-7-21(20)32-26(27)28)33-24(30-19)25(36)35-14-12-34(13-15-35)22-8-4-5-11-29-22/h4-5,8-11,16,20-21H,2-3,6-7,12-15H2,1H3,(H4,27,28,32)(H,30,31,33). The second kappa shape index (κ2) is 10.3. The molecule has 3 heterocycles. The molecular formula is C26H33N9O. The lowest BCUT2D eigenvalue weighted by Gasteiger charge is -2.35. The maximum atomic E-state index is 13.5. The summed E-state index contributed by atoms with van der Waals surface area (Å²) in [5, 5.41) is 4.47. The van der Waals surface area contributed by atoms with E-state index in [2.05, 4.69) is 31.2 Å². The number of hydrogen-bond acceptors (Lipinski definition) is 7. The van der Waals surface area contributed by atoms with Gasteiger partial charge in [-0.1, -0.05) is 30.5 Å². The number of benzene rings is 1. The molecule has 36 heavy (non-hydrogen) atoms. The van der Waals surface area contributed by atoms with Gasteiger partial charge in [-0.2, -0.15) is 0 Å². The van der Waals surface area contributed by atoms with Crippen molar-refractivity contribution in [3.8, 4) is 0 Å². The van der Waals surface area contributed by atoms with Gasteiger partial charge in [0.05, 0.1) is 17.6 Å². The van der Waals surface area contributed by atoms with Crippen molar-refractivity contribution < 1.29 is 4.79 Å². The third-order valence-corrected chi connectivity index (χ3v) is 6.95. The summed E-state index contributed by atoms with van der Waals surface area (Å²) in [4.78, 5) is 35.8. The summed E-state index contributed by atoms with van der Waals surface area (Å²) in [7, 11) is 0. The third-order valence-electron chi connectivity index (χ3n) is 6.95. The van der Waals surface area contributed by atoms with Gasteiger partial charge in [-0.15, -0.1) is 0 Å². The van der Waals surface area contributed by atoms with Gasteiger partial charge in [0.1, 0.15) is 11.6 Å². The van der Waals surface area contributed by atoms with Crippen molar-refractivity contribution >= 4 is 34.4 Å². The van der Waals surface area contributed by atoms with Gasteiger partial charge in [0, 0.05) is 37.8 Å². The minimum Gasteiger partial charge on any atom is -0.370 e. The first-order valence-corrected chi connectivity index (χ1v) is 12.6. The molecule has 5 rings (SSSR count). The molecule has 0 spiro atoms. The minimum absolute atomic E-state index is 0.0302. The topological polar surface area (TPSA) is 139 Å². The number of aromatic nitrogens is 3. The largest absolute Gasteiger partial charge is 0.370 e. The van der Waals surface area contributed by atoms with Crippen LogP contribution < -0.4 is 21.7 Å². The van der Waals surface area contributed by atoms with Gasteiger partial charge in [-0.3, -0.25) is 4.79 Å². The highest BCUT2D eigenvalue weighted by molar-refractivity contribution is 5.97. The van der Waals surface area contributed by atoms with Crippen LogP contribution in [0.1, 0.15) is 41.9 Å². The molecule has 0 radical (unpaired) electrons. The Labute approximate surface area is 210 Å². The average Bonchev–Trinajstić information content (AvgIpc) is 2.90. The number of nitrogens with two attached hydrogens (primary N) is 2. The number of aryl methyl sites for hydroxylation is 1. The van der Waals surface area contributed by atoms with E-state index < -0.39 is 0 Å². The first kappa shape index (κ1) is 23.8. The predicted molar refractivity (Wildman–Crippen MR) is 142 cm³/mol.